The molecule has 2 atom stereocenters. The summed E-state index contributed by atoms with van der Waals surface area (Å²) in [4.78, 5) is 29.7. The summed E-state index contributed by atoms with van der Waals surface area (Å²) in [5.74, 6) is 0.175. The van der Waals surface area contributed by atoms with E-state index in [0.29, 0.717) is 48.8 Å². The van der Waals surface area contributed by atoms with Crippen molar-refractivity contribution in [1.29, 1.82) is 0 Å². The maximum absolute atomic E-state index is 14.0. The zero-order valence-corrected chi connectivity index (χ0v) is 21.7. The van der Waals surface area contributed by atoms with Gasteiger partial charge in [0.15, 0.2) is 0 Å². The molecule has 2 amide bonds. The first kappa shape index (κ1) is 26.7. The Morgan fingerprint density at radius 1 is 1.03 bits per heavy atom. The van der Waals surface area contributed by atoms with E-state index in [0.717, 1.165) is 5.56 Å². The van der Waals surface area contributed by atoms with E-state index in [1.807, 2.05) is 42.5 Å². The number of piperidine rings is 1. The molecule has 37 heavy (non-hydrogen) atoms. The van der Waals surface area contributed by atoms with E-state index in [-0.39, 0.29) is 42.5 Å². The van der Waals surface area contributed by atoms with Gasteiger partial charge in [-0.3, -0.25) is 9.59 Å². The molecular formula is C30H32ClFN2O3. The van der Waals surface area contributed by atoms with Crippen LogP contribution in [-0.4, -0.2) is 47.9 Å². The first-order valence-corrected chi connectivity index (χ1v) is 13.0. The number of amides is 2. The maximum Gasteiger partial charge on any atom is 0.223 e. The van der Waals surface area contributed by atoms with Crippen LogP contribution >= 0.6 is 11.6 Å². The third kappa shape index (κ3) is 7.56. The highest BCUT2D eigenvalue weighted by molar-refractivity contribution is 6.30. The Balaban J connectivity index is 1.42. The van der Waals surface area contributed by atoms with E-state index in [1.54, 1.807) is 47.2 Å². The van der Waals surface area contributed by atoms with Gasteiger partial charge in [0.05, 0.1) is 0 Å². The first-order valence-electron chi connectivity index (χ1n) is 12.6. The highest BCUT2D eigenvalue weighted by atomic mass is 35.5. The number of halogens is 2. The number of carbonyl (C=O) groups is 2. The van der Waals surface area contributed by atoms with Gasteiger partial charge in [0.2, 0.25) is 11.8 Å². The second kappa shape index (κ2) is 12.7. The zero-order chi connectivity index (χ0) is 26.2. The highest BCUT2D eigenvalue weighted by Gasteiger charge is 2.35. The Kier molecular flexibility index (Phi) is 9.18. The van der Waals surface area contributed by atoms with Gasteiger partial charge in [0.25, 0.3) is 0 Å². The van der Waals surface area contributed by atoms with Gasteiger partial charge in [-0.1, -0.05) is 60.1 Å². The van der Waals surface area contributed by atoms with Crippen LogP contribution in [-0.2, 0) is 22.6 Å². The van der Waals surface area contributed by atoms with Crippen LogP contribution in [0.1, 0.15) is 30.4 Å². The second-order valence-electron chi connectivity index (χ2n) is 9.53. The molecule has 1 aliphatic rings. The second-order valence-corrected chi connectivity index (χ2v) is 9.97. The molecule has 1 fully saturated rings. The average molecular weight is 523 g/mol. The van der Waals surface area contributed by atoms with Crippen LogP contribution in [0.15, 0.2) is 78.9 Å². The molecule has 3 aromatic rings. The zero-order valence-electron chi connectivity index (χ0n) is 21.0. The van der Waals surface area contributed by atoms with Crippen molar-refractivity contribution in [2.45, 2.75) is 38.3 Å². The summed E-state index contributed by atoms with van der Waals surface area (Å²) in [7, 11) is 1.80. The lowest BCUT2D eigenvalue weighted by Crippen LogP contribution is -2.49. The molecule has 0 N–H and O–H groups in total. The molecule has 0 unspecified atom stereocenters. The number of aryl methyl sites for hydroxylation is 1. The Hall–Kier alpha value is -3.38. The molecule has 0 saturated carbocycles. The van der Waals surface area contributed by atoms with Crippen LogP contribution in [0, 0.1) is 11.7 Å². The average Bonchev–Trinajstić information content (AvgIpc) is 2.90. The van der Waals surface area contributed by atoms with Crippen molar-refractivity contribution in [3.8, 4) is 5.75 Å². The van der Waals surface area contributed by atoms with Crippen LogP contribution in [0.3, 0.4) is 0 Å². The normalized spacial score (nSPS) is 17.3. The quantitative estimate of drug-likeness (QED) is 0.359. The van der Waals surface area contributed by atoms with Gasteiger partial charge in [0, 0.05) is 56.9 Å². The topological polar surface area (TPSA) is 49.9 Å². The summed E-state index contributed by atoms with van der Waals surface area (Å²) >= 11 is 6.02. The number of nitrogens with zero attached hydrogens (tertiary/aromatic N) is 2. The fourth-order valence-corrected chi connectivity index (χ4v) is 4.83. The van der Waals surface area contributed by atoms with Crippen molar-refractivity contribution in [1.82, 2.24) is 9.80 Å². The molecule has 194 valence electrons. The molecule has 0 aliphatic carbocycles. The van der Waals surface area contributed by atoms with Crippen molar-refractivity contribution in [3.63, 3.8) is 0 Å². The summed E-state index contributed by atoms with van der Waals surface area (Å²) in [6.45, 7) is 1.46. The van der Waals surface area contributed by atoms with Gasteiger partial charge in [-0.15, -0.1) is 0 Å². The summed E-state index contributed by atoms with van der Waals surface area (Å²) in [5.41, 5.74) is 1.59. The minimum Gasteiger partial charge on any atom is -0.490 e. The molecular weight excluding hydrogens is 491 g/mol. The lowest BCUT2D eigenvalue weighted by Gasteiger charge is -2.39. The molecule has 1 heterocycles. The number of ether oxygens (including phenoxy) is 1. The van der Waals surface area contributed by atoms with Gasteiger partial charge >= 0.3 is 0 Å². The van der Waals surface area contributed by atoms with Gasteiger partial charge < -0.3 is 14.5 Å². The molecule has 0 radical (unpaired) electrons. The van der Waals surface area contributed by atoms with E-state index in [4.69, 9.17) is 16.3 Å². The standard InChI is InChI=1S/C30H32ClFN2O3/c1-33(20-22-7-3-2-4-8-22)30(36)19-24-21-34(29(35)16-11-23-9-5-6-10-27(23)32)18-17-28(24)37-26-14-12-25(31)13-15-26/h2-10,12-15,24,28H,11,16-21H2,1H3/t24-,28-/m0/s1. The molecule has 5 nitrogen and oxygen atoms in total. The van der Waals surface area contributed by atoms with Crippen molar-refractivity contribution in [3.05, 3.63) is 101 Å². The van der Waals surface area contributed by atoms with Gasteiger partial charge in [-0.25, -0.2) is 4.39 Å². The highest BCUT2D eigenvalue weighted by Crippen LogP contribution is 2.28. The molecule has 0 bridgehead atoms. The number of hydrogen-bond acceptors (Lipinski definition) is 3. The molecule has 0 aromatic heterocycles. The minimum absolute atomic E-state index is 0.000727. The maximum atomic E-state index is 14.0. The lowest BCUT2D eigenvalue weighted by atomic mass is 9.90. The Bertz CT molecular complexity index is 1190. The SMILES string of the molecule is CN(Cc1ccccc1)C(=O)C[C@H]1CN(C(=O)CCc2ccccc2F)CC[C@@H]1Oc1ccc(Cl)cc1. The van der Waals surface area contributed by atoms with Gasteiger partial charge in [0.1, 0.15) is 17.7 Å². The number of rotatable bonds is 9. The van der Waals surface area contributed by atoms with Crippen molar-refractivity contribution < 1.29 is 18.7 Å². The largest absolute Gasteiger partial charge is 0.490 e. The lowest BCUT2D eigenvalue weighted by molar-refractivity contribution is -0.138. The molecule has 3 aromatic carbocycles. The fraction of sp³-hybridized carbons (Fsp3) is 0.333. The number of likely N-dealkylation sites (tertiary alicyclic amines) is 1. The summed E-state index contributed by atoms with van der Waals surface area (Å²) in [6.07, 6.45) is 1.22. The van der Waals surface area contributed by atoms with E-state index >= 15 is 0 Å². The number of benzene rings is 3. The van der Waals surface area contributed by atoms with Crippen molar-refractivity contribution in [2.75, 3.05) is 20.1 Å². The van der Waals surface area contributed by atoms with Gasteiger partial charge in [-0.2, -0.15) is 0 Å². The van der Waals surface area contributed by atoms with E-state index < -0.39 is 0 Å². The van der Waals surface area contributed by atoms with Crippen LogP contribution < -0.4 is 4.74 Å². The predicted octanol–water partition coefficient (Wildman–Crippen LogP) is 5.76. The number of hydrogen-bond donors (Lipinski definition) is 0. The van der Waals surface area contributed by atoms with Gasteiger partial charge in [-0.05, 0) is 47.9 Å². The Morgan fingerprint density at radius 2 is 1.73 bits per heavy atom. The molecule has 0 spiro atoms. The van der Waals surface area contributed by atoms with Crippen LogP contribution in [0.25, 0.3) is 0 Å². The third-order valence-corrected chi connectivity index (χ3v) is 7.06. The fourth-order valence-electron chi connectivity index (χ4n) is 4.70. The summed E-state index contributed by atoms with van der Waals surface area (Å²) in [5, 5.41) is 0.622. The summed E-state index contributed by atoms with van der Waals surface area (Å²) < 4.78 is 20.3. The molecule has 7 heteroatoms. The van der Waals surface area contributed by atoms with Crippen molar-refractivity contribution in [2.24, 2.45) is 5.92 Å². The van der Waals surface area contributed by atoms with E-state index in [9.17, 15) is 14.0 Å². The smallest absolute Gasteiger partial charge is 0.223 e. The van der Waals surface area contributed by atoms with E-state index in [1.165, 1.54) is 6.07 Å². The van der Waals surface area contributed by atoms with Crippen LogP contribution in [0.2, 0.25) is 5.02 Å². The monoisotopic (exact) mass is 522 g/mol. The van der Waals surface area contributed by atoms with E-state index in [2.05, 4.69) is 0 Å². The molecule has 1 saturated heterocycles. The Labute approximate surface area is 222 Å². The van der Waals surface area contributed by atoms with Crippen LogP contribution in [0.4, 0.5) is 4.39 Å². The van der Waals surface area contributed by atoms with Crippen molar-refractivity contribution >= 4 is 23.4 Å². The number of carbonyl (C=O) groups excluding carboxylic acids is 2. The predicted molar refractivity (Wildman–Crippen MR) is 143 cm³/mol. The minimum atomic E-state index is -0.296. The Morgan fingerprint density at radius 3 is 2.46 bits per heavy atom. The first-order chi connectivity index (χ1) is 17.9. The summed E-state index contributed by atoms with van der Waals surface area (Å²) in [6, 6.07) is 23.5. The third-order valence-electron chi connectivity index (χ3n) is 6.81. The molecule has 4 rings (SSSR count). The molecule has 1 aliphatic heterocycles. The van der Waals surface area contributed by atoms with Crippen LogP contribution in [0.5, 0.6) is 5.75 Å².